The largest absolute Gasteiger partial charge is 0.459 e. The molecule has 2 atom stereocenters. The zero-order valence-electron chi connectivity index (χ0n) is 14.9. The normalized spacial score (nSPS) is 33.6. The zero-order chi connectivity index (χ0) is 15.9. The van der Waals surface area contributed by atoms with Gasteiger partial charge >= 0.3 is 5.97 Å². The maximum atomic E-state index is 12.5. The molecular formula is C19H34O2. The molecule has 0 aromatic heterocycles. The first-order chi connectivity index (χ1) is 9.60. The van der Waals surface area contributed by atoms with Gasteiger partial charge in [-0.15, -0.1) is 0 Å². The Morgan fingerprint density at radius 2 is 1.67 bits per heavy atom. The fourth-order valence-corrected chi connectivity index (χ4v) is 4.26. The van der Waals surface area contributed by atoms with Crippen molar-refractivity contribution in [3.05, 3.63) is 0 Å². The summed E-state index contributed by atoms with van der Waals surface area (Å²) in [4.78, 5) is 12.5. The Morgan fingerprint density at radius 1 is 1.14 bits per heavy atom. The summed E-state index contributed by atoms with van der Waals surface area (Å²) in [6.07, 6.45) is 8.80. The maximum Gasteiger partial charge on any atom is 0.312 e. The summed E-state index contributed by atoms with van der Waals surface area (Å²) in [5, 5.41) is 0. The van der Waals surface area contributed by atoms with Crippen LogP contribution in [0.3, 0.4) is 0 Å². The van der Waals surface area contributed by atoms with Gasteiger partial charge in [0.05, 0.1) is 5.41 Å². The van der Waals surface area contributed by atoms with Crippen molar-refractivity contribution in [3.8, 4) is 0 Å². The molecule has 2 fully saturated rings. The van der Waals surface area contributed by atoms with E-state index < -0.39 is 0 Å². The van der Waals surface area contributed by atoms with Gasteiger partial charge in [0.15, 0.2) is 0 Å². The first kappa shape index (κ1) is 16.8. The molecule has 2 rings (SSSR count). The fraction of sp³-hybridized carbons (Fsp3) is 0.947. The van der Waals surface area contributed by atoms with Crippen molar-refractivity contribution in [1.82, 2.24) is 0 Å². The number of hydrogen-bond donors (Lipinski definition) is 0. The summed E-state index contributed by atoms with van der Waals surface area (Å²) in [5.74, 6) is 1.66. The van der Waals surface area contributed by atoms with Crippen molar-refractivity contribution in [2.75, 3.05) is 0 Å². The Bertz CT molecular complexity index is 382. The first-order valence-electron chi connectivity index (χ1n) is 8.83. The van der Waals surface area contributed by atoms with Gasteiger partial charge in [0.1, 0.15) is 5.60 Å². The lowest BCUT2D eigenvalue weighted by Gasteiger charge is -2.52. The highest BCUT2D eigenvalue weighted by Crippen LogP contribution is 2.54. The maximum absolute atomic E-state index is 12.5. The molecule has 21 heavy (non-hydrogen) atoms. The summed E-state index contributed by atoms with van der Waals surface area (Å²) in [6, 6.07) is 0. The lowest BCUT2D eigenvalue weighted by atomic mass is 9.56. The highest BCUT2D eigenvalue weighted by Gasteiger charge is 2.50. The van der Waals surface area contributed by atoms with E-state index in [1.807, 2.05) is 13.8 Å². The second-order valence-corrected chi connectivity index (χ2v) is 9.00. The van der Waals surface area contributed by atoms with Crippen molar-refractivity contribution in [3.63, 3.8) is 0 Å². The summed E-state index contributed by atoms with van der Waals surface area (Å²) in [6.45, 7) is 12.7. The van der Waals surface area contributed by atoms with Crippen LogP contribution in [0.4, 0.5) is 0 Å². The van der Waals surface area contributed by atoms with E-state index in [1.54, 1.807) is 0 Å². The van der Waals surface area contributed by atoms with Gasteiger partial charge < -0.3 is 4.74 Å². The molecule has 0 aromatic carbocycles. The molecule has 2 saturated carbocycles. The van der Waals surface area contributed by atoms with Crippen LogP contribution in [0.1, 0.15) is 86.5 Å². The van der Waals surface area contributed by atoms with Gasteiger partial charge in [0.25, 0.3) is 0 Å². The predicted octanol–water partition coefficient (Wildman–Crippen LogP) is 5.35. The molecule has 0 spiro atoms. The van der Waals surface area contributed by atoms with E-state index in [9.17, 15) is 4.79 Å². The van der Waals surface area contributed by atoms with Crippen LogP contribution in [0.25, 0.3) is 0 Å². The van der Waals surface area contributed by atoms with Crippen molar-refractivity contribution in [1.29, 1.82) is 0 Å². The summed E-state index contributed by atoms with van der Waals surface area (Å²) >= 11 is 0. The number of esters is 1. The summed E-state index contributed by atoms with van der Waals surface area (Å²) in [7, 11) is 0. The molecule has 2 nitrogen and oxygen atoms in total. The Morgan fingerprint density at radius 3 is 2.14 bits per heavy atom. The second kappa shape index (κ2) is 5.59. The quantitative estimate of drug-likeness (QED) is 0.653. The molecule has 2 aliphatic rings. The molecule has 0 amide bonds. The van der Waals surface area contributed by atoms with E-state index in [0.29, 0.717) is 0 Å². The van der Waals surface area contributed by atoms with Crippen molar-refractivity contribution >= 4 is 5.97 Å². The van der Waals surface area contributed by atoms with E-state index in [1.165, 1.54) is 38.5 Å². The fourth-order valence-electron chi connectivity index (χ4n) is 4.26. The second-order valence-electron chi connectivity index (χ2n) is 9.00. The third-order valence-corrected chi connectivity index (χ3v) is 6.61. The van der Waals surface area contributed by atoms with Crippen LogP contribution in [-0.2, 0) is 9.53 Å². The van der Waals surface area contributed by atoms with Crippen LogP contribution >= 0.6 is 0 Å². The minimum atomic E-state index is -0.377. The van der Waals surface area contributed by atoms with Crippen LogP contribution in [0.15, 0.2) is 0 Å². The molecule has 0 aliphatic heterocycles. The van der Waals surface area contributed by atoms with Crippen LogP contribution in [0, 0.1) is 22.7 Å². The van der Waals surface area contributed by atoms with Gasteiger partial charge in [0.2, 0.25) is 0 Å². The molecular weight excluding hydrogens is 260 g/mol. The first-order valence-corrected chi connectivity index (χ1v) is 8.83. The lowest BCUT2D eigenvalue weighted by molar-refractivity contribution is -0.188. The van der Waals surface area contributed by atoms with Gasteiger partial charge in [-0.1, -0.05) is 33.1 Å². The van der Waals surface area contributed by atoms with Gasteiger partial charge in [-0.25, -0.2) is 0 Å². The average molecular weight is 294 g/mol. The molecule has 0 heterocycles. The zero-order valence-corrected chi connectivity index (χ0v) is 14.9. The van der Waals surface area contributed by atoms with E-state index in [-0.39, 0.29) is 22.4 Å². The topological polar surface area (TPSA) is 26.3 Å². The van der Waals surface area contributed by atoms with E-state index >= 15 is 0 Å². The highest BCUT2D eigenvalue weighted by atomic mass is 16.6. The minimum absolute atomic E-state index is 0.0352. The van der Waals surface area contributed by atoms with Gasteiger partial charge in [-0.2, -0.15) is 0 Å². The molecule has 2 heteroatoms. The van der Waals surface area contributed by atoms with E-state index in [0.717, 1.165) is 18.3 Å². The summed E-state index contributed by atoms with van der Waals surface area (Å²) in [5.41, 5.74) is -0.622. The monoisotopic (exact) mass is 294 g/mol. The van der Waals surface area contributed by atoms with Gasteiger partial charge in [-0.3, -0.25) is 4.79 Å². The average Bonchev–Trinajstić information content (AvgIpc) is 2.37. The number of ether oxygens (including phenoxy) is 1. The summed E-state index contributed by atoms with van der Waals surface area (Å²) < 4.78 is 6.06. The van der Waals surface area contributed by atoms with Crippen LogP contribution < -0.4 is 0 Å². The molecule has 2 unspecified atom stereocenters. The predicted molar refractivity (Wildman–Crippen MR) is 87.0 cm³/mol. The Kier molecular flexibility index (Phi) is 4.48. The Balaban J connectivity index is 2.12. The SMILES string of the molecule is CCC(C)(C)C(=O)OC(C)(C)C1(C)CC2CCCC(C2)C1. The number of carbonyl (C=O) groups is 1. The van der Waals surface area contributed by atoms with E-state index in [4.69, 9.17) is 4.74 Å². The van der Waals surface area contributed by atoms with Gasteiger partial charge in [-0.05, 0) is 65.2 Å². The third kappa shape index (κ3) is 3.29. The van der Waals surface area contributed by atoms with Crippen LogP contribution in [0.5, 0.6) is 0 Å². The minimum Gasteiger partial charge on any atom is -0.459 e. The molecule has 2 bridgehead atoms. The van der Waals surface area contributed by atoms with Crippen LogP contribution in [-0.4, -0.2) is 11.6 Å². The molecule has 2 aliphatic carbocycles. The van der Waals surface area contributed by atoms with E-state index in [2.05, 4.69) is 27.7 Å². The molecule has 0 saturated heterocycles. The number of rotatable bonds is 4. The number of hydrogen-bond acceptors (Lipinski definition) is 2. The smallest absolute Gasteiger partial charge is 0.312 e. The third-order valence-electron chi connectivity index (χ3n) is 6.61. The number of fused-ring (bicyclic) bond motifs is 2. The standard InChI is InChI=1S/C19H34O2/c1-7-17(2,3)16(20)21-18(4,5)19(6)12-14-9-8-10-15(11-14)13-19/h14-15H,7-13H2,1-6H3. The van der Waals surface area contributed by atoms with Crippen molar-refractivity contribution < 1.29 is 9.53 Å². The van der Waals surface area contributed by atoms with Crippen molar-refractivity contribution in [2.45, 2.75) is 92.1 Å². The Hall–Kier alpha value is -0.530. The van der Waals surface area contributed by atoms with Crippen LogP contribution in [0.2, 0.25) is 0 Å². The highest BCUT2D eigenvalue weighted by molar-refractivity contribution is 5.76. The Labute approximate surface area is 131 Å². The molecule has 0 aromatic rings. The number of carbonyl (C=O) groups excluding carboxylic acids is 1. The molecule has 0 N–H and O–H groups in total. The van der Waals surface area contributed by atoms with Crippen molar-refractivity contribution in [2.24, 2.45) is 22.7 Å². The molecule has 0 radical (unpaired) electrons. The van der Waals surface area contributed by atoms with Gasteiger partial charge in [0, 0.05) is 5.41 Å². The molecule has 122 valence electrons. The lowest BCUT2D eigenvalue weighted by Crippen LogP contribution is -2.51.